The Morgan fingerprint density at radius 3 is 2.51 bits per heavy atom. The SMILES string of the molecule is C[C@H]1CN(C(=O)OC(C)(C)C)C(=O)CN1c1ccnc(Nc2ccc(N3CCN(C)CC3)cn2)n1. The summed E-state index contributed by atoms with van der Waals surface area (Å²) in [7, 11) is 2.13. The molecule has 11 heteroatoms. The van der Waals surface area contributed by atoms with Crippen LogP contribution in [0.25, 0.3) is 0 Å². The summed E-state index contributed by atoms with van der Waals surface area (Å²) in [6.45, 7) is 11.5. The normalized spacial score (nSPS) is 19.6. The second-order valence-corrected chi connectivity index (χ2v) is 10.0. The van der Waals surface area contributed by atoms with E-state index in [2.05, 4.69) is 37.1 Å². The quantitative estimate of drug-likeness (QED) is 0.698. The van der Waals surface area contributed by atoms with Gasteiger partial charge in [0.15, 0.2) is 0 Å². The van der Waals surface area contributed by atoms with Crippen molar-refractivity contribution in [3.8, 4) is 0 Å². The summed E-state index contributed by atoms with van der Waals surface area (Å²) in [5.74, 6) is 1.29. The largest absolute Gasteiger partial charge is 0.443 e. The minimum absolute atomic E-state index is 0.0227. The number of piperazine rings is 2. The van der Waals surface area contributed by atoms with Crippen LogP contribution in [-0.4, -0.2) is 94.7 Å². The average molecular weight is 483 g/mol. The van der Waals surface area contributed by atoms with Crippen LogP contribution in [0.1, 0.15) is 27.7 Å². The minimum Gasteiger partial charge on any atom is -0.443 e. The van der Waals surface area contributed by atoms with E-state index in [1.165, 1.54) is 4.90 Å². The molecule has 35 heavy (non-hydrogen) atoms. The van der Waals surface area contributed by atoms with Gasteiger partial charge in [0.1, 0.15) is 17.2 Å². The zero-order chi connectivity index (χ0) is 25.2. The first kappa shape index (κ1) is 24.6. The topological polar surface area (TPSA) is 107 Å². The summed E-state index contributed by atoms with van der Waals surface area (Å²) in [5, 5.41) is 3.14. The maximum Gasteiger partial charge on any atom is 0.417 e. The van der Waals surface area contributed by atoms with Gasteiger partial charge >= 0.3 is 6.09 Å². The van der Waals surface area contributed by atoms with E-state index in [1.807, 2.05) is 30.2 Å². The van der Waals surface area contributed by atoms with Gasteiger partial charge in [0.25, 0.3) is 5.91 Å². The number of nitrogens with one attached hydrogen (secondary N) is 1. The average Bonchev–Trinajstić information content (AvgIpc) is 2.80. The van der Waals surface area contributed by atoms with Crippen molar-refractivity contribution in [1.29, 1.82) is 0 Å². The van der Waals surface area contributed by atoms with Crippen LogP contribution < -0.4 is 15.1 Å². The van der Waals surface area contributed by atoms with Crippen LogP contribution in [0.15, 0.2) is 30.6 Å². The molecule has 1 atom stereocenters. The van der Waals surface area contributed by atoms with Gasteiger partial charge < -0.3 is 24.8 Å². The molecule has 0 saturated carbocycles. The molecule has 0 aliphatic carbocycles. The molecule has 2 aliphatic heterocycles. The number of aromatic nitrogens is 3. The lowest BCUT2D eigenvalue weighted by Crippen LogP contribution is -2.58. The monoisotopic (exact) mass is 482 g/mol. The molecule has 2 fully saturated rings. The number of nitrogens with zero attached hydrogens (tertiary/aromatic N) is 7. The molecule has 0 bridgehead atoms. The lowest BCUT2D eigenvalue weighted by molar-refractivity contribution is -0.130. The number of hydrogen-bond donors (Lipinski definition) is 1. The van der Waals surface area contributed by atoms with Crippen molar-refractivity contribution in [3.05, 3.63) is 30.6 Å². The summed E-state index contributed by atoms with van der Waals surface area (Å²) in [6, 6.07) is 5.57. The molecule has 1 N–H and O–H groups in total. The second kappa shape index (κ2) is 10.0. The Kier molecular flexibility index (Phi) is 7.06. The third kappa shape index (κ3) is 6.16. The van der Waals surface area contributed by atoms with E-state index in [9.17, 15) is 9.59 Å². The van der Waals surface area contributed by atoms with Gasteiger partial charge in [-0.25, -0.2) is 19.7 Å². The molecular formula is C24H34N8O3. The van der Waals surface area contributed by atoms with Gasteiger partial charge in [-0.15, -0.1) is 0 Å². The van der Waals surface area contributed by atoms with E-state index in [1.54, 1.807) is 33.0 Å². The summed E-state index contributed by atoms with van der Waals surface area (Å²) in [5.41, 5.74) is 0.426. The smallest absolute Gasteiger partial charge is 0.417 e. The maximum atomic E-state index is 12.7. The molecule has 11 nitrogen and oxygen atoms in total. The fourth-order valence-corrected chi connectivity index (χ4v) is 4.05. The Morgan fingerprint density at radius 2 is 1.86 bits per heavy atom. The highest BCUT2D eigenvalue weighted by atomic mass is 16.6. The van der Waals surface area contributed by atoms with Gasteiger partial charge in [0, 0.05) is 38.4 Å². The third-order valence-electron chi connectivity index (χ3n) is 5.99. The number of ether oxygens (including phenoxy) is 1. The molecule has 0 aromatic carbocycles. The lowest BCUT2D eigenvalue weighted by Gasteiger charge is -2.39. The minimum atomic E-state index is -0.665. The number of amides is 2. The van der Waals surface area contributed by atoms with Gasteiger partial charge in [-0.1, -0.05) is 0 Å². The molecule has 0 unspecified atom stereocenters. The fraction of sp³-hybridized carbons (Fsp3) is 0.542. The van der Waals surface area contributed by atoms with Gasteiger partial charge in [-0.2, -0.15) is 4.98 Å². The predicted molar refractivity (Wildman–Crippen MR) is 134 cm³/mol. The van der Waals surface area contributed by atoms with E-state index in [-0.39, 0.29) is 25.0 Å². The highest BCUT2D eigenvalue weighted by Crippen LogP contribution is 2.23. The molecule has 2 saturated heterocycles. The molecule has 2 amide bonds. The van der Waals surface area contributed by atoms with Crippen LogP contribution >= 0.6 is 0 Å². The zero-order valence-corrected chi connectivity index (χ0v) is 21.1. The van der Waals surface area contributed by atoms with Crippen molar-refractivity contribution in [2.24, 2.45) is 0 Å². The van der Waals surface area contributed by atoms with E-state index >= 15 is 0 Å². The zero-order valence-electron chi connectivity index (χ0n) is 21.1. The molecule has 4 heterocycles. The number of pyridine rings is 1. The molecule has 2 aliphatic rings. The number of anilines is 4. The Hall–Kier alpha value is -3.47. The van der Waals surface area contributed by atoms with Crippen molar-refractivity contribution in [2.75, 3.05) is 61.4 Å². The van der Waals surface area contributed by atoms with Crippen LogP contribution in [-0.2, 0) is 9.53 Å². The predicted octanol–water partition coefficient (Wildman–Crippen LogP) is 2.34. The Morgan fingerprint density at radius 1 is 1.11 bits per heavy atom. The molecule has 0 radical (unpaired) electrons. The molecular weight excluding hydrogens is 448 g/mol. The number of carbonyl (C=O) groups excluding carboxylic acids is 2. The van der Waals surface area contributed by atoms with Crippen molar-refractivity contribution >= 4 is 35.3 Å². The van der Waals surface area contributed by atoms with Gasteiger partial charge in [-0.3, -0.25) is 4.79 Å². The van der Waals surface area contributed by atoms with Gasteiger partial charge in [0.2, 0.25) is 5.95 Å². The number of likely N-dealkylation sites (N-methyl/N-ethyl adjacent to an activating group) is 1. The maximum absolute atomic E-state index is 12.7. The number of hydrogen-bond acceptors (Lipinski definition) is 10. The van der Waals surface area contributed by atoms with E-state index < -0.39 is 11.7 Å². The van der Waals surface area contributed by atoms with Crippen LogP contribution in [0.3, 0.4) is 0 Å². The fourth-order valence-electron chi connectivity index (χ4n) is 4.05. The highest BCUT2D eigenvalue weighted by Gasteiger charge is 2.36. The highest BCUT2D eigenvalue weighted by molar-refractivity contribution is 5.95. The first-order valence-corrected chi connectivity index (χ1v) is 11.9. The molecule has 4 rings (SSSR count). The summed E-state index contributed by atoms with van der Waals surface area (Å²) < 4.78 is 5.37. The van der Waals surface area contributed by atoms with Crippen LogP contribution in [0.5, 0.6) is 0 Å². The van der Waals surface area contributed by atoms with Crippen molar-refractivity contribution in [2.45, 2.75) is 39.3 Å². The Labute approximate surface area is 206 Å². The first-order valence-electron chi connectivity index (χ1n) is 11.9. The van der Waals surface area contributed by atoms with Crippen molar-refractivity contribution in [1.82, 2.24) is 24.8 Å². The molecule has 2 aromatic rings. The second-order valence-electron chi connectivity index (χ2n) is 10.0. The van der Waals surface area contributed by atoms with Gasteiger partial charge in [-0.05, 0) is 52.9 Å². The number of rotatable bonds is 4. The van der Waals surface area contributed by atoms with Crippen LogP contribution in [0.2, 0.25) is 0 Å². The number of imide groups is 1. The molecule has 0 spiro atoms. The summed E-state index contributed by atoms with van der Waals surface area (Å²) >= 11 is 0. The van der Waals surface area contributed by atoms with E-state index in [4.69, 9.17) is 4.74 Å². The summed E-state index contributed by atoms with van der Waals surface area (Å²) in [6.07, 6.45) is 2.87. The first-order chi connectivity index (χ1) is 16.6. The van der Waals surface area contributed by atoms with Crippen LogP contribution in [0.4, 0.5) is 28.1 Å². The van der Waals surface area contributed by atoms with Gasteiger partial charge in [0.05, 0.1) is 25.0 Å². The summed E-state index contributed by atoms with van der Waals surface area (Å²) in [4.78, 5) is 46.2. The molecule has 2 aromatic heterocycles. The van der Waals surface area contributed by atoms with E-state index in [0.29, 0.717) is 17.6 Å². The standard InChI is InChI=1S/C24H34N8O3/c1-17-15-32(23(34)35-24(2,3)4)21(33)16-31(17)20-8-9-25-22(28-20)27-19-7-6-18(14-26-19)30-12-10-29(5)11-13-30/h6-9,14,17H,10-13,15-16H2,1-5H3,(H,25,26,27,28)/t17-/m0/s1. The molecule has 188 valence electrons. The van der Waals surface area contributed by atoms with Crippen molar-refractivity contribution < 1.29 is 14.3 Å². The third-order valence-corrected chi connectivity index (χ3v) is 5.99. The van der Waals surface area contributed by atoms with Crippen LogP contribution in [0, 0.1) is 0 Å². The Bertz CT molecular complexity index is 1050. The van der Waals surface area contributed by atoms with Crippen molar-refractivity contribution in [3.63, 3.8) is 0 Å². The lowest BCUT2D eigenvalue weighted by atomic mass is 10.2. The number of carbonyl (C=O) groups is 2. The van der Waals surface area contributed by atoms with E-state index in [0.717, 1.165) is 31.9 Å². The Balaban J connectivity index is 1.40.